The second-order valence-corrected chi connectivity index (χ2v) is 6.58. The standard InChI is InChI=1S/C20H25N3O/c1-22(2)19-10-8-17(9-11-19)20(24)21-18-7-5-6-16(14-18)15-23-12-3-4-13-23/h5-11,14H,3-4,12-13,15H2,1-2H3,(H,21,24). The molecule has 1 heterocycles. The molecule has 1 aliphatic heterocycles. The summed E-state index contributed by atoms with van der Waals surface area (Å²) >= 11 is 0. The van der Waals surface area contributed by atoms with Crippen LogP contribution in [0.1, 0.15) is 28.8 Å². The molecule has 4 heteroatoms. The number of hydrogen-bond acceptors (Lipinski definition) is 3. The zero-order valence-electron chi connectivity index (χ0n) is 14.5. The average Bonchev–Trinajstić information content (AvgIpc) is 3.08. The van der Waals surface area contributed by atoms with Gasteiger partial charge in [-0.25, -0.2) is 0 Å². The number of rotatable bonds is 5. The van der Waals surface area contributed by atoms with Crippen molar-refractivity contribution in [3.63, 3.8) is 0 Å². The lowest BCUT2D eigenvalue weighted by molar-refractivity contribution is 0.102. The Hall–Kier alpha value is -2.33. The van der Waals surface area contributed by atoms with Gasteiger partial charge in [-0.3, -0.25) is 9.69 Å². The fraction of sp³-hybridized carbons (Fsp3) is 0.350. The van der Waals surface area contributed by atoms with Crippen molar-refractivity contribution in [2.24, 2.45) is 0 Å². The van der Waals surface area contributed by atoms with Gasteiger partial charge >= 0.3 is 0 Å². The lowest BCUT2D eigenvalue weighted by Gasteiger charge is -2.15. The summed E-state index contributed by atoms with van der Waals surface area (Å²) < 4.78 is 0. The SMILES string of the molecule is CN(C)c1ccc(C(=O)Nc2cccc(CN3CCCC3)c2)cc1. The molecule has 126 valence electrons. The van der Waals surface area contributed by atoms with Gasteiger partial charge in [0.15, 0.2) is 0 Å². The Labute approximate surface area is 144 Å². The second kappa shape index (κ2) is 7.49. The van der Waals surface area contributed by atoms with Crippen molar-refractivity contribution in [1.29, 1.82) is 0 Å². The fourth-order valence-corrected chi connectivity index (χ4v) is 3.06. The van der Waals surface area contributed by atoms with Crippen molar-refractivity contribution in [1.82, 2.24) is 4.90 Å². The molecule has 0 bridgehead atoms. The third-order valence-electron chi connectivity index (χ3n) is 4.44. The van der Waals surface area contributed by atoms with E-state index in [1.54, 1.807) is 0 Å². The van der Waals surface area contributed by atoms with E-state index in [-0.39, 0.29) is 5.91 Å². The molecule has 24 heavy (non-hydrogen) atoms. The Morgan fingerprint density at radius 2 is 1.79 bits per heavy atom. The van der Waals surface area contributed by atoms with E-state index in [0.717, 1.165) is 17.9 Å². The molecular weight excluding hydrogens is 298 g/mol. The molecule has 1 amide bonds. The Bertz CT molecular complexity index is 688. The second-order valence-electron chi connectivity index (χ2n) is 6.58. The van der Waals surface area contributed by atoms with Gasteiger partial charge < -0.3 is 10.2 Å². The van der Waals surface area contributed by atoms with Crippen LogP contribution in [0.5, 0.6) is 0 Å². The van der Waals surface area contributed by atoms with Crippen LogP contribution in [-0.2, 0) is 6.54 Å². The summed E-state index contributed by atoms with van der Waals surface area (Å²) in [6, 6.07) is 15.8. The minimum atomic E-state index is -0.0707. The number of likely N-dealkylation sites (tertiary alicyclic amines) is 1. The topological polar surface area (TPSA) is 35.6 Å². The first-order chi connectivity index (χ1) is 11.6. The Kier molecular flexibility index (Phi) is 5.16. The van der Waals surface area contributed by atoms with Crippen LogP contribution in [0.4, 0.5) is 11.4 Å². The maximum absolute atomic E-state index is 12.4. The monoisotopic (exact) mass is 323 g/mol. The molecule has 4 nitrogen and oxygen atoms in total. The van der Waals surface area contributed by atoms with E-state index < -0.39 is 0 Å². The van der Waals surface area contributed by atoms with Gasteiger partial charge in [-0.1, -0.05) is 12.1 Å². The van der Waals surface area contributed by atoms with E-state index in [4.69, 9.17) is 0 Å². The van der Waals surface area contributed by atoms with E-state index in [0.29, 0.717) is 5.56 Å². The fourth-order valence-electron chi connectivity index (χ4n) is 3.06. The summed E-state index contributed by atoms with van der Waals surface area (Å²) in [6.07, 6.45) is 2.58. The summed E-state index contributed by atoms with van der Waals surface area (Å²) in [4.78, 5) is 16.9. The van der Waals surface area contributed by atoms with Gasteiger partial charge in [0.25, 0.3) is 5.91 Å². The quantitative estimate of drug-likeness (QED) is 0.913. The van der Waals surface area contributed by atoms with E-state index in [9.17, 15) is 4.79 Å². The molecule has 0 aliphatic carbocycles. The highest BCUT2D eigenvalue weighted by atomic mass is 16.1. The third kappa shape index (κ3) is 4.15. The molecule has 1 saturated heterocycles. The predicted octanol–water partition coefficient (Wildman–Crippen LogP) is 3.60. The van der Waals surface area contributed by atoms with E-state index in [1.165, 1.54) is 31.5 Å². The summed E-state index contributed by atoms with van der Waals surface area (Å²) in [6.45, 7) is 3.31. The highest BCUT2D eigenvalue weighted by Gasteiger charge is 2.12. The van der Waals surface area contributed by atoms with Crippen LogP contribution in [0.3, 0.4) is 0 Å². The number of nitrogens with one attached hydrogen (secondary N) is 1. The van der Waals surface area contributed by atoms with Crippen molar-refractivity contribution in [3.05, 3.63) is 59.7 Å². The lowest BCUT2D eigenvalue weighted by atomic mass is 10.1. The number of anilines is 2. The first kappa shape index (κ1) is 16.5. The van der Waals surface area contributed by atoms with Crippen LogP contribution in [0.2, 0.25) is 0 Å². The number of carbonyl (C=O) groups is 1. The molecule has 3 rings (SSSR count). The average molecular weight is 323 g/mol. The van der Waals surface area contributed by atoms with Crippen molar-refractivity contribution < 1.29 is 4.79 Å². The molecule has 1 fully saturated rings. The highest BCUT2D eigenvalue weighted by Crippen LogP contribution is 2.18. The first-order valence-electron chi connectivity index (χ1n) is 8.52. The largest absolute Gasteiger partial charge is 0.378 e. The minimum Gasteiger partial charge on any atom is -0.378 e. The van der Waals surface area contributed by atoms with Gasteiger partial charge in [-0.05, 0) is 67.9 Å². The van der Waals surface area contributed by atoms with Crippen LogP contribution >= 0.6 is 0 Å². The van der Waals surface area contributed by atoms with Crippen LogP contribution in [0.25, 0.3) is 0 Å². The molecule has 2 aromatic carbocycles. The van der Waals surface area contributed by atoms with E-state index in [1.807, 2.05) is 55.4 Å². The van der Waals surface area contributed by atoms with E-state index in [2.05, 4.69) is 22.3 Å². The van der Waals surface area contributed by atoms with Crippen LogP contribution in [0, 0.1) is 0 Å². The smallest absolute Gasteiger partial charge is 0.255 e. The van der Waals surface area contributed by atoms with Gasteiger partial charge in [0.1, 0.15) is 0 Å². The molecule has 1 N–H and O–H groups in total. The molecule has 0 spiro atoms. The zero-order valence-corrected chi connectivity index (χ0v) is 14.5. The minimum absolute atomic E-state index is 0.0707. The van der Waals surface area contributed by atoms with Crippen molar-refractivity contribution in [3.8, 4) is 0 Å². The van der Waals surface area contributed by atoms with E-state index >= 15 is 0 Å². The molecule has 0 aromatic heterocycles. The normalized spacial score (nSPS) is 14.6. The van der Waals surface area contributed by atoms with Gasteiger partial charge in [-0.2, -0.15) is 0 Å². The summed E-state index contributed by atoms with van der Waals surface area (Å²) in [7, 11) is 3.97. The number of hydrogen-bond donors (Lipinski definition) is 1. The number of benzene rings is 2. The maximum atomic E-state index is 12.4. The predicted molar refractivity (Wildman–Crippen MR) is 99.7 cm³/mol. The molecule has 0 saturated carbocycles. The van der Waals surface area contributed by atoms with Crippen molar-refractivity contribution in [2.75, 3.05) is 37.4 Å². The van der Waals surface area contributed by atoms with Crippen molar-refractivity contribution in [2.45, 2.75) is 19.4 Å². The molecule has 0 radical (unpaired) electrons. The maximum Gasteiger partial charge on any atom is 0.255 e. The summed E-state index contributed by atoms with van der Waals surface area (Å²) in [5, 5.41) is 3.00. The zero-order chi connectivity index (χ0) is 16.9. The number of carbonyl (C=O) groups excluding carboxylic acids is 1. The number of amides is 1. The molecule has 1 aliphatic rings. The third-order valence-corrected chi connectivity index (χ3v) is 4.44. The first-order valence-corrected chi connectivity index (χ1v) is 8.52. The summed E-state index contributed by atoms with van der Waals surface area (Å²) in [5.41, 5.74) is 3.86. The van der Waals surface area contributed by atoms with Crippen LogP contribution in [-0.4, -0.2) is 38.0 Å². The molecule has 0 unspecified atom stereocenters. The van der Waals surface area contributed by atoms with Gasteiger partial charge in [0.2, 0.25) is 0 Å². The van der Waals surface area contributed by atoms with Crippen LogP contribution in [0.15, 0.2) is 48.5 Å². The summed E-state index contributed by atoms with van der Waals surface area (Å²) in [5.74, 6) is -0.0707. The Balaban J connectivity index is 1.65. The number of nitrogens with zero attached hydrogens (tertiary/aromatic N) is 2. The molecular formula is C20H25N3O. The molecule has 2 aromatic rings. The van der Waals surface area contributed by atoms with Gasteiger partial charge in [-0.15, -0.1) is 0 Å². The van der Waals surface area contributed by atoms with Gasteiger partial charge in [0.05, 0.1) is 0 Å². The van der Waals surface area contributed by atoms with Crippen molar-refractivity contribution >= 4 is 17.3 Å². The lowest BCUT2D eigenvalue weighted by Crippen LogP contribution is -2.18. The molecule has 0 atom stereocenters. The van der Waals surface area contributed by atoms with Crippen LogP contribution < -0.4 is 10.2 Å². The Morgan fingerprint density at radius 1 is 1.08 bits per heavy atom. The van der Waals surface area contributed by atoms with Gasteiger partial charge in [0, 0.05) is 37.6 Å². The Morgan fingerprint density at radius 3 is 2.46 bits per heavy atom. The highest BCUT2D eigenvalue weighted by molar-refractivity contribution is 6.04.